The van der Waals surface area contributed by atoms with Crippen LogP contribution in [0.25, 0.3) is 0 Å². The Hall–Kier alpha value is -1.26. The van der Waals surface area contributed by atoms with E-state index >= 15 is 0 Å². The summed E-state index contributed by atoms with van der Waals surface area (Å²) in [5, 5.41) is 0. The second-order valence-electron chi connectivity index (χ2n) is 8.50. The predicted molar refractivity (Wildman–Crippen MR) is 122 cm³/mol. The van der Waals surface area contributed by atoms with Gasteiger partial charge in [-0.05, 0) is 63.9 Å². The van der Waals surface area contributed by atoms with E-state index in [1.54, 1.807) is 7.11 Å². The van der Waals surface area contributed by atoms with Gasteiger partial charge in [0, 0.05) is 18.9 Å². The maximum atomic E-state index is 12.7. The molecule has 1 saturated carbocycles. The molecule has 1 aromatic carbocycles. The molecule has 29 heavy (non-hydrogen) atoms. The smallest absolute Gasteiger partial charge is 0.306 e. The van der Waals surface area contributed by atoms with Crippen molar-refractivity contribution in [2.45, 2.75) is 82.7 Å². The highest BCUT2D eigenvalue weighted by atomic mass is 35.5. The number of halogens is 1. The molecule has 0 spiro atoms. The van der Waals surface area contributed by atoms with E-state index in [0.717, 1.165) is 50.8 Å². The van der Waals surface area contributed by atoms with Crippen LogP contribution in [0.1, 0.15) is 82.6 Å². The summed E-state index contributed by atoms with van der Waals surface area (Å²) in [6.07, 6.45) is 10.4. The maximum absolute atomic E-state index is 12.7. The molecule has 5 heteroatoms. The van der Waals surface area contributed by atoms with Crippen molar-refractivity contribution in [3.8, 4) is 5.75 Å². The summed E-state index contributed by atoms with van der Waals surface area (Å²) < 4.78 is 11.7. The molecule has 1 aliphatic rings. The summed E-state index contributed by atoms with van der Waals surface area (Å²) in [7, 11) is 5.88. The molecule has 0 radical (unpaired) electrons. The third-order valence-corrected chi connectivity index (χ3v) is 5.95. The van der Waals surface area contributed by atoms with Gasteiger partial charge in [0.05, 0.1) is 7.11 Å². The molecule has 2 rings (SSSR count). The summed E-state index contributed by atoms with van der Waals surface area (Å²) in [5.41, 5.74) is 0.842. The normalized spacial score (nSPS) is 16.7. The van der Waals surface area contributed by atoms with Crippen LogP contribution in [0.2, 0.25) is 0 Å². The summed E-state index contributed by atoms with van der Waals surface area (Å²) in [6, 6.07) is 8.30. The van der Waals surface area contributed by atoms with Gasteiger partial charge in [0.2, 0.25) is 0 Å². The first-order chi connectivity index (χ1) is 13.5. The lowest BCUT2D eigenvalue weighted by molar-refractivity contribution is -0.167. The number of carbonyl (C=O) groups is 1. The highest BCUT2D eigenvalue weighted by Gasteiger charge is 2.44. The van der Waals surface area contributed by atoms with Crippen molar-refractivity contribution >= 4 is 18.4 Å². The van der Waals surface area contributed by atoms with Gasteiger partial charge in [0.15, 0.2) is 0 Å². The lowest BCUT2D eigenvalue weighted by atomic mass is 9.72. The van der Waals surface area contributed by atoms with Gasteiger partial charge in [0.25, 0.3) is 0 Å². The zero-order valence-electron chi connectivity index (χ0n) is 18.7. The lowest BCUT2D eigenvalue weighted by Gasteiger charge is -2.44. The Morgan fingerprint density at radius 1 is 1.07 bits per heavy atom. The maximum Gasteiger partial charge on any atom is 0.306 e. The van der Waals surface area contributed by atoms with Crippen molar-refractivity contribution in [1.82, 2.24) is 4.90 Å². The third-order valence-electron chi connectivity index (χ3n) is 5.95. The van der Waals surface area contributed by atoms with Crippen molar-refractivity contribution in [2.24, 2.45) is 0 Å². The first kappa shape index (κ1) is 25.8. The summed E-state index contributed by atoms with van der Waals surface area (Å²) >= 11 is 0. The number of nitrogens with zero attached hydrogens (tertiary/aromatic N) is 1. The number of esters is 1. The number of benzene rings is 1. The number of ether oxygens (including phenoxy) is 2. The molecular weight excluding hydrogens is 386 g/mol. The molecule has 0 aliphatic heterocycles. The topological polar surface area (TPSA) is 38.8 Å². The number of likely N-dealkylation sites (N-methyl/N-ethyl adjacent to an activating group) is 1. The Bertz CT molecular complexity index is 582. The molecule has 1 atom stereocenters. The van der Waals surface area contributed by atoms with Crippen molar-refractivity contribution in [3.05, 3.63) is 29.8 Å². The minimum absolute atomic E-state index is 0. The Kier molecular flexibility index (Phi) is 11.7. The molecule has 0 amide bonds. The van der Waals surface area contributed by atoms with E-state index < -0.39 is 0 Å². The van der Waals surface area contributed by atoms with Crippen LogP contribution >= 0.6 is 12.4 Å². The van der Waals surface area contributed by atoms with Gasteiger partial charge < -0.3 is 14.4 Å². The average Bonchev–Trinajstić information content (AvgIpc) is 2.70. The number of methoxy groups -OCH3 is 1. The van der Waals surface area contributed by atoms with Gasteiger partial charge >= 0.3 is 5.97 Å². The van der Waals surface area contributed by atoms with Crippen molar-refractivity contribution in [2.75, 3.05) is 27.7 Å². The van der Waals surface area contributed by atoms with Gasteiger partial charge in [-0.15, -0.1) is 12.4 Å². The molecule has 0 N–H and O–H groups in total. The van der Waals surface area contributed by atoms with E-state index in [9.17, 15) is 4.79 Å². The molecule has 4 nitrogen and oxygen atoms in total. The number of carbonyl (C=O) groups excluding carboxylic acids is 1. The molecule has 0 bridgehead atoms. The third kappa shape index (κ3) is 7.82. The van der Waals surface area contributed by atoms with Gasteiger partial charge in [-0.2, -0.15) is 0 Å². The van der Waals surface area contributed by atoms with E-state index in [1.165, 1.54) is 24.8 Å². The number of hydrogen-bond acceptors (Lipinski definition) is 4. The first-order valence-electron chi connectivity index (χ1n) is 11.0. The minimum atomic E-state index is -0.390. The zero-order chi connectivity index (χ0) is 20.4. The second kappa shape index (κ2) is 13.1. The Morgan fingerprint density at radius 2 is 1.72 bits per heavy atom. The molecule has 1 aliphatic carbocycles. The zero-order valence-corrected chi connectivity index (χ0v) is 19.6. The molecule has 0 heterocycles. The Labute approximate surface area is 183 Å². The second-order valence-corrected chi connectivity index (χ2v) is 8.50. The molecular formula is C24H40ClNO3. The van der Waals surface area contributed by atoms with Crippen LogP contribution in [0, 0.1) is 0 Å². The van der Waals surface area contributed by atoms with Crippen LogP contribution in [0.3, 0.4) is 0 Å². The van der Waals surface area contributed by atoms with E-state index in [-0.39, 0.29) is 29.9 Å². The summed E-state index contributed by atoms with van der Waals surface area (Å²) in [5.74, 6) is 1.02. The van der Waals surface area contributed by atoms with Crippen LogP contribution in [-0.4, -0.2) is 44.2 Å². The van der Waals surface area contributed by atoms with Gasteiger partial charge in [-0.1, -0.05) is 44.7 Å². The van der Waals surface area contributed by atoms with Crippen LogP contribution < -0.4 is 4.74 Å². The van der Waals surface area contributed by atoms with Crippen molar-refractivity contribution in [1.29, 1.82) is 0 Å². The fourth-order valence-corrected chi connectivity index (χ4v) is 4.42. The molecule has 166 valence electrons. The SMILES string of the molecule is CCCCCCC(=O)OC1(C(CN(C)C)c2ccc(OC)cc2)CCCCC1.Cl. The van der Waals surface area contributed by atoms with E-state index in [4.69, 9.17) is 9.47 Å². The van der Waals surface area contributed by atoms with Crippen LogP contribution in [0.15, 0.2) is 24.3 Å². The van der Waals surface area contributed by atoms with Crippen LogP contribution in [-0.2, 0) is 9.53 Å². The summed E-state index contributed by atoms with van der Waals surface area (Å²) in [4.78, 5) is 15.0. The monoisotopic (exact) mass is 425 g/mol. The van der Waals surface area contributed by atoms with Gasteiger partial charge in [-0.25, -0.2) is 0 Å². The Morgan fingerprint density at radius 3 is 2.28 bits per heavy atom. The van der Waals surface area contributed by atoms with E-state index in [1.807, 2.05) is 12.1 Å². The predicted octanol–water partition coefficient (Wildman–Crippen LogP) is 5.98. The molecule has 0 saturated heterocycles. The average molecular weight is 426 g/mol. The number of rotatable bonds is 11. The van der Waals surface area contributed by atoms with Crippen molar-refractivity contribution in [3.63, 3.8) is 0 Å². The van der Waals surface area contributed by atoms with Gasteiger partial charge in [-0.3, -0.25) is 4.79 Å². The Balaban J connectivity index is 0.00000420. The van der Waals surface area contributed by atoms with Gasteiger partial charge in [0.1, 0.15) is 11.4 Å². The largest absolute Gasteiger partial charge is 0.497 e. The minimum Gasteiger partial charge on any atom is -0.497 e. The van der Waals surface area contributed by atoms with E-state index in [0.29, 0.717) is 6.42 Å². The molecule has 1 unspecified atom stereocenters. The first-order valence-corrected chi connectivity index (χ1v) is 11.0. The summed E-state index contributed by atoms with van der Waals surface area (Å²) in [6.45, 7) is 3.06. The highest BCUT2D eigenvalue weighted by Crippen LogP contribution is 2.44. The fraction of sp³-hybridized carbons (Fsp3) is 0.708. The van der Waals surface area contributed by atoms with Crippen LogP contribution in [0.4, 0.5) is 0 Å². The lowest BCUT2D eigenvalue weighted by Crippen LogP contribution is -2.46. The fourth-order valence-electron chi connectivity index (χ4n) is 4.42. The number of unbranched alkanes of at least 4 members (excludes halogenated alkanes) is 3. The van der Waals surface area contributed by atoms with E-state index in [2.05, 4.69) is 38.1 Å². The van der Waals surface area contributed by atoms with Crippen LogP contribution in [0.5, 0.6) is 5.75 Å². The highest BCUT2D eigenvalue weighted by molar-refractivity contribution is 5.85. The molecule has 1 fully saturated rings. The standard InChI is InChI=1S/C24H39NO3.ClH/c1-5-6-7-9-12-23(26)28-24(17-10-8-11-18-24)22(19-25(2)3)20-13-15-21(27-4)16-14-20;/h13-16,22H,5-12,17-19H2,1-4H3;1H. The number of hydrogen-bond donors (Lipinski definition) is 0. The quantitative estimate of drug-likeness (QED) is 0.323. The molecule has 1 aromatic rings. The van der Waals surface area contributed by atoms with Crippen molar-refractivity contribution < 1.29 is 14.3 Å². The molecule has 0 aromatic heterocycles.